The van der Waals surface area contributed by atoms with E-state index in [0.29, 0.717) is 22.9 Å². The molecule has 1 N–H and O–H groups in total. The predicted molar refractivity (Wildman–Crippen MR) is 109 cm³/mol. The number of nitrogens with one attached hydrogen (secondary N) is 1. The van der Waals surface area contributed by atoms with Crippen LogP contribution in [0.5, 0.6) is 11.5 Å². The molecule has 7 nitrogen and oxygen atoms in total. The molecule has 0 saturated carbocycles. The number of anilines is 1. The fraction of sp³-hybridized carbons (Fsp3) is 0.0952. The Balaban J connectivity index is 1.31. The van der Waals surface area contributed by atoms with Gasteiger partial charge < -0.3 is 14.8 Å². The minimum absolute atomic E-state index is 0.00931. The van der Waals surface area contributed by atoms with E-state index >= 15 is 0 Å². The summed E-state index contributed by atoms with van der Waals surface area (Å²) in [6.07, 6.45) is 3.64. The molecule has 146 valence electrons. The van der Waals surface area contributed by atoms with Crippen molar-refractivity contribution in [3.05, 3.63) is 78.1 Å². The lowest BCUT2D eigenvalue weighted by molar-refractivity contribution is -0.146. The number of carbonyl (C=O) groups excluding carboxylic acids is 2. The first-order chi connectivity index (χ1) is 14.2. The summed E-state index contributed by atoms with van der Waals surface area (Å²) in [4.78, 5) is 29.3. The van der Waals surface area contributed by atoms with Crippen LogP contribution in [0, 0.1) is 0 Å². The van der Waals surface area contributed by atoms with E-state index in [-0.39, 0.29) is 13.0 Å². The molecule has 0 bridgehead atoms. The highest BCUT2D eigenvalue weighted by molar-refractivity contribution is 7.15. The van der Waals surface area contributed by atoms with Crippen LogP contribution < -0.4 is 10.1 Å². The van der Waals surface area contributed by atoms with E-state index in [1.165, 1.54) is 11.3 Å². The molecule has 0 spiro atoms. The van der Waals surface area contributed by atoms with Crippen molar-refractivity contribution < 1.29 is 19.1 Å². The molecule has 8 heteroatoms. The van der Waals surface area contributed by atoms with Crippen molar-refractivity contribution in [2.45, 2.75) is 6.42 Å². The van der Waals surface area contributed by atoms with Crippen LogP contribution in [0.25, 0.3) is 4.96 Å². The number of aromatic nitrogens is 2. The van der Waals surface area contributed by atoms with Gasteiger partial charge >= 0.3 is 5.97 Å². The summed E-state index contributed by atoms with van der Waals surface area (Å²) in [5.74, 6) is 0.185. The zero-order valence-electron chi connectivity index (χ0n) is 15.3. The lowest BCUT2D eigenvalue weighted by Gasteiger charge is -2.12. The monoisotopic (exact) mass is 407 g/mol. The van der Waals surface area contributed by atoms with E-state index in [1.54, 1.807) is 24.4 Å². The van der Waals surface area contributed by atoms with E-state index in [2.05, 4.69) is 10.3 Å². The maximum Gasteiger partial charge on any atom is 0.312 e. The Morgan fingerprint density at radius 2 is 1.86 bits per heavy atom. The first-order valence-corrected chi connectivity index (χ1v) is 9.74. The van der Waals surface area contributed by atoms with Gasteiger partial charge in [0.25, 0.3) is 5.91 Å². The van der Waals surface area contributed by atoms with Crippen molar-refractivity contribution in [1.82, 2.24) is 9.38 Å². The number of carbonyl (C=O) groups is 2. The Morgan fingerprint density at radius 1 is 1.07 bits per heavy atom. The first-order valence-electron chi connectivity index (χ1n) is 8.86. The molecule has 2 aromatic carbocycles. The number of para-hydroxylation sites is 3. The van der Waals surface area contributed by atoms with E-state index in [4.69, 9.17) is 9.47 Å². The third kappa shape index (κ3) is 4.80. The fourth-order valence-corrected chi connectivity index (χ4v) is 3.39. The number of esters is 1. The molecule has 0 atom stereocenters. The summed E-state index contributed by atoms with van der Waals surface area (Å²) in [6, 6.07) is 16.3. The number of hydrogen-bond acceptors (Lipinski definition) is 6. The van der Waals surface area contributed by atoms with Gasteiger partial charge in [0.2, 0.25) is 0 Å². The van der Waals surface area contributed by atoms with Crippen LogP contribution >= 0.6 is 11.3 Å². The highest BCUT2D eigenvalue weighted by atomic mass is 32.1. The maximum atomic E-state index is 12.2. The third-order valence-electron chi connectivity index (χ3n) is 3.97. The molecular weight excluding hydrogens is 390 g/mol. The molecule has 0 saturated heterocycles. The molecule has 1 amide bonds. The number of hydrogen-bond donors (Lipinski definition) is 1. The Hall–Kier alpha value is -3.65. The highest BCUT2D eigenvalue weighted by Crippen LogP contribution is 2.29. The van der Waals surface area contributed by atoms with Crippen molar-refractivity contribution in [3.8, 4) is 11.5 Å². The van der Waals surface area contributed by atoms with Crippen LogP contribution in [0.1, 0.15) is 5.69 Å². The number of thiazole rings is 1. The average molecular weight is 407 g/mol. The summed E-state index contributed by atoms with van der Waals surface area (Å²) in [6.45, 7) is -0.388. The Labute approximate surface area is 170 Å². The quantitative estimate of drug-likeness (QED) is 0.470. The topological polar surface area (TPSA) is 81.9 Å². The van der Waals surface area contributed by atoms with Gasteiger partial charge in [-0.3, -0.25) is 14.0 Å². The number of imidazole rings is 1. The Kier molecular flexibility index (Phi) is 5.53. The van der Waals surface area contributed by atoms with Gasteiger partial charge in [-0.05, 0) is 24.3 Å². The molecule has 29 heavy (non-hydrogen) atoms. The zero-order chi connectivity index (χ0) is 20.1. The second kappa shape index (κ2) is 8.57. The summed E-state index contributed by atoms with van der Waals surface area (Å²) in [5.41, 5.74) is 1.09. The average Bonchev–Trinajstić information content (AvgIpc) is 3.30. The van der Waals surface area contributed by atoms with Gasteiger partial charge in [-0.2, -0.15) is 0 Å². The highest BCUT2D eigenvalue weighted by Gasteiger charge is 2.13. The van der Waals surface area contributed by atoms with Gasteiger partial charge in [0.1, 0.15) is 5.75 Å². The number of ether oxygens (including phenoxy) is 2. The van der Waals surface area contributed by atoms with Crippen LogP contribution in [-0.4, -0.2) is 27.9 Å². The lowest BCUT2D eigenvalue weighted by atomic mass is 10.3. The molecule has 4 aromatic rings. The molecule has 0 radical (unpaired) electrons. The standard InChI is InChI=1S/C21H17N3O4S/c25-19(14-27-20(26)12-15-13-24-10-11-29-21(24)22-15)23-17-8-4-5-9-18(17)28-16-6-2-1-3-7-16/h1-11,13H,12,14H2,(H,23,25). The summed E-state index contributed by atoms with van der Waals surface area (Å²) >= 11 is 1.48. The van der Waals surface area contributed by atoms with E-state index in [9.17, 15) is 9.59 Å². The van der Waals surface area contributed by atoms with E-state index < -0.39 is 11.9 Å². The number of rotatable bonds is 7. The predicted octanol–water partition coefficient (Wildman–Crippen LogP) is 3.91. The maximum absolute atomic E-state index is 12.2. The molecule has 0 aliphatic heterocycles. The van der Waals surface area contributed by atoms with Crippen LogP contribution in [-0.2, 0) is 20.7 Å². The molecule has 0 aliphatic rings. The van der Waals surface area contributed by atoms with Crippen LogP contribution in [0.3, 0.4) is 0 Å². The van der Waals surface area contributed by atoms with Crippen molar-refractivity contribution in [1.29, 1.82) is 0 Å². The van der Waals surface area contributed by atoms with Crippen molar-refractivity contribution in [3.63, 3.8) is 0 Å². The molecule has 2 aromatic heterocycles. The van der Waals surface area contributed by atoms with Crippen molar-refractivity contribution in [2.24, 2.45) is 0 Å². The van der Waals surface area contributed by atoms with Gasteiger partial charge in [-0.25, -0.2) is 4.98 Å². The second-order valence-electron chi connectivity index (χ2n) is 6.12. The van der Waals surface area contributed by atoms with Crippen LogP contribution in [0.15, 0.2) is 72.4 Å². The van der Waals surface area contributed by atoms with Gasteiger partial charge in [0.15, 0.2) is 17.3 Å². The Morgan fingerprint density at radius 3 is 2.69 bits per heavy atom. The fourth-order valence-electron chi connectivity index (χ4n) is 2.67. The number of fused-ring (bicyclic) bond motifs is 1. The minimum Gasteiger partial charge on any atom is -0.455 e. The largest absolute Gasteiger partial charge is 0.455 e. The first kappa shape index (κ1) is 18.7. The van der Waals surface area contributed by atoms with Crippen LogP contribution in [0.4, 0.5) is 5.69 Å². The number of amides is 1. The second-order valence-corrected chi connectivity index (χ2v) is 7.00. The molecule has 4 rings (SSSR count). The Bertz CT molecular complexity index is 1110. The number of benzene rings is 2. The van der Waals surface area contributed by atoms with Gasteiger partial charge in [-0.1, -0.05) is 30.3 Å². The summed E-state index contributed by atoms with van der Waals surface area (Å²) in [5, 5.41) is 4.62. The molecular formula is C21H17N3O4S. The van der Waals surface area contributed by atoms with Gasteiger partial charge in [-0.15, -0.1) is 11.3 Å². The number of nitrogens with zero attached hydrogens (tertiary/aromatic N) is 2. The molecule has 0 fully saturated rings. The molecule has 0 aliphatic carbocycles. The summed E-state index contributed by atoms with van der Waals surface area (Å²) in [7, 11) is 0. The van der Waals surface area contributed by atoms with Crippen molar-refractivity contribution in [2.75, 3.05) is 11.9 Å². The molecule has 2 heterocycles. The smallest absolute Gasteiger partial charge is 0.312 e. The van der Waals surface area contributed by atoms with Gasteiger partial charge in [0, 0.05) is 17.8 Å². The van der Waals surface area contributed by atoms with Gasteiger partial charge in [0.05, 0.1) is 17.8 Å². The summed E-state index contributed by atoms with van der Waals surface area (Å²) < 4.78 is 12.7. The molecule has 0 unspecified atom stereocenters. The van der Waals surface area contributed by atoms with Crippen molar-refractivity contribution >= 4 is 33.9 Å². The normalized spacial score (nSPS) is 10.6. The third-order valence-corrected chi connectivity index (χ3v) is 4.74. The van der Waals surface area contributed by atoms with E-state index in [0.717, 1.165) is 4.96 Å². The SMILES string of the molecule is O=C(COC(=O)Cc1cn2ccsc2n1)Nc1ccccc1Oc1ccccc1. The minimum atomic E-state index is -0.514. The zero-order valence-corrected chi connectivity index (χ0v) is 16.1. The van der Waals surface area contributed by atoms with E-state index in [1.807, 2.05) is 52.4 Å². The lowest BCUT2D eigenvalue weighted by Crippen LogP contribution is -2.22. The van der Waals surface area contributed by atoms with Crippen LogP contribution in [0.2, 0.25) is 0 Å².